The van der Waals surface area contributed by atoms with Crippen molar-refractivity contribution >= 4 is 17.7 Å². The van der Waals surface area contributed by atoms with E-state index in [0.717, 1.165) is 17.0 Å². The Kier molecular flexibility index (Phi) is 6.02. The van der Waals surface area contributed by atoms with E-state index in [0.29, 0.717) is 6.07 Å². The highest BCUT2D eigenvalue weighted by molar-refractivity contribution is 5.91. The summed E-state index contributed by atoms with van der Waals surface area (Å²) in [5, 5.41) is 11.0. The molecule has 22 heavy (non-hydrogen) atoms. The Morgan fingerprint density at radius 2 is 2.05 bits per heavy atom. The van der Waals surface area contributed by atoms with Gasteiger partial charge in [0.05, 0.1) is 11.6 Å². The van der Waals surface area contributed by atoms with Gasteiger partial charge in [-0.25, -0.2) is 9.18 Å². The number of nitrogens with one attached hydrogen (secondary N) is 1. The molecule has 0 radical (unpaired) electrons. The molecule has 0 bridgehead atoms. The van der Waals surface area contributed by atoms with Crippen molar-refractivity contribution in [2.24, 2.45) is 5.92 Å². The molecule has 1 aromatic rings. The number of nitrogens with zero attached hydrogens (tertiary/aromatic N) is 1. The lowest BCUT2D eigenvalue weighted by atomic mass is 10.2. The van der Waals surface area contributed by atoms with Crippen LogP contribution in [0.1, 0.15) is 6.92 Å². The van der Waals surface area contributed by atoms with E-state index in [1.807, 2.05) is 0 Å². The summed E-state index contributed by atoms with van der Waals surface area (Å²) in [5.41, 5.74) is -0.151. The molecule has 0 spiro atoms. The molecule has 0 aliphatic heterocycles. The largest absolute Gasteiger partial charge is 0.481 e. The van der Waals surface area contributed by atoms with Gasteiger partial charge in [-0.05, 0) is 12.1 Å². The number of carbonyl (C=O) groups excluding carboxylic acids is 1. The molecule has 1 unspecified atom stereocenters. The third kappa shape index (κ3) is 5.15. The zero-order chi connectivity index (χ0) is 16.9. The van der Waals surface area contributed by atoms with Gasteiger partial charge in [-0.1, -0.05) is 6.92 Å². The molecule has 1 aromatic carbocycles. The van der Waals surface area contributed by atoms with Gasteiger partial charge in [-0.3, -0.25) is 4.79 Å². The summed E-state index contributed by atoms with van der Waals surface area (Å²) < 4.78 is 41.7. The summed E-state index contributed by atoms with van der Waals surface area (Å²) in [4.78, 5) is 23.7. The van der Waals surface area contributed by atoms with Gasteiger partial charge in [0, 0.05) is 19.7 Å². The maximum Gasteiger partial charge on any atom is 0.387 e. The summed E-state index contributed by atoms with van der Waals surface area (Å²) in [5.74, 6) is -3.21. The third-order valence-electron chi connectivity index (χ3n) is 2.72. The van der Waals surface area contributed by atoms with Crippen LogP contribution in [0.15, 0.2) is 18.2 Å². The standard InChI is InChI=1S/C13H15F3N2O4/c1-7(11(19)20)6-18(2)13(21)17-9-4-3-8(14)5-10(9)22-12(15)16/h3-5,7,12H,6H2,1-2H3,(H,17,21)(H,19,20). The van der Waals surface area contributed by atoms with Crippen LogP contribution < -0.4 is 10.1 Å². The maximum absolute atomic E-state index is 13.0. The highest BCUT2D eigenvalue weighted by Crippen LogP contribution is 2.27. The van der Waals surface area contributed by atoms with E-state index in [1.165, 1.54) is 14.0 Å². The van der Waals surface area contributed by atoms with Crippen LogP contribution in [0.5, 0.6) is 5.75 Å². The second-order valence-electron chi connectivity index (χ2n) is 4.57. The lowest BCUT2D eigenvalue weighted by Gasteiger charge is -2.21. The number of amides is 2. The normalized spacial score (nSPS) is 11.9. The fourth-order valence-electron chi connectivity index (χ4n) is 1.58. The summed E-state index contributed by atoms with van der Waals surface area (Å²) in [6, 6.07) is 2.01. The van der Waals surface area contributed by atoms with Crippen molar-refractivity contribution < 1.29 is 32.6 Å². The zero-order valence-electron chi connectivity index (χ0n) is 11.8. The minimum atomic E-state index is -3.18. The van der Waals surface area contributed by atoms with Crippen LogP contribution >= 0.6 is 0 Å². The molecule has 0 saturated carbocycles. The lowest BCUT2D eigenvalue weighted by Crippen LogP contribution is -2.36. The molecule has 1 rings (SSSR count). The quantitative estimate of drug-likeness (QED) is 0.844. The Morgan fingerprint density at radius 1 is 1.41 bits per heavy atom. The monoisotopic (exact) mass is 320 g/mol. The summed E-state index contributed by atoms with van der Waals surface area (Å²) in [6.07, 6.45) is 0. The van der Waals surface area contributed by atoms with Gasteiger partial charge in [-0.2, -0.15) is 8.78 Å². The number of carbonyl (C=O) groups is 2. The third-order valence-corrected chi connectivity index (χ3v) is 2.72. The van der Waals surface area contributed by atoms with Crippen LogP contribution in [-0.4, -0.2) is 42.2 Å². The molecule has 0 aliphatic rings. The van der Waals surface area contributed by atoms with Crippen LogP contribution in [0.25, 0.3) is 0 Å². The number of hydrogen-bond acceptors (Lipinski definition) is 3. The van der Waals surface area contributed by atoms with Crippen molar-refractivity contribution in [2.75, 3.05) is 18.9 Å². The summed E-state index contributed by atoms with van der Waals surface area (Å²) in [7, 11) is 1.34. The number of ether oxygens (including phenoxy) is 1. The molecule has 1 atom stereocenters. The van der Waals surface area contributed by atoms with Gasteiger partial charge < -0.3 is 20.1 Å². The maximum atomic E-state index is 13.0. The van der Waals surface area contributed by atoms with E-state index in [9.17, 15) is 22.8 Å². The molecule has 0 aliphatic carbocycles. The molecule has 9 heteroatoms. The molecule has 2 N–H and O–H groups in total. The number of alkyl halides is 2. The Hall–Kier alpha value is -2.45. The van der Waals surface area contributed by atoms with E-state index >= 15 is 0 Å². The predicted octanol–water partition coefficient (Wildman–Crippen LogP) is 2.61. The number of aliphatic carboxylic acids is 1. The molecular formula is C13H15F3N2O4. The first-order valence-electron chi connectivity index (χ1n) is 6.20. The highest BCUT2D eigenvalue weighted by Gasteiger charge is 2.19. The number of benzene rings is 1. The average Bonchev–Trinajstić information content (AvgIpc) is 2.40. The van der Waals surface area contributed by atoms with Gasteiger partial charge >= 0.3 is 18.6 Å². The Balaban J connectivity index is 2.81. The number of anilines is 1. The molecule has 0 saturated heterocycles. The topological polar surface area (TPSA) is 78.9 Å². The first kappa shape index (κ1) is 17.6. The van der Waals surface area contributed by atoms with E-state index in [2.05, 4.69) is 10.1 Å². The number of carboxylic acid groups (broad SMARTS) is 1. The van der Waals surface area contributed by atoms with Gasteiger partial charge in [0.1, 0.15) is 5.82 Å². The molecule has 122 valence electrons. The Bertz CT molecular complexity index is 554. The SMILES string of the molecule is CC(CN(C)C(=O)Nc1ccc(F)cc1OC(F)F)C(=O)O. The second-order valence-corrected chi connectivity index (χ2v) is 4.57. The van der Waals surface area contributed by atoms with Crippen molar-refractivity contribution in [1.29, 1.82) is 0 Å². The van der Waals surface area contributed by atoms with Crippen LogP contribution in [-0.2, 0) is 4.79 Å². The average molecular weight is 320 g/mol. The molecular weight excluding hydrogens is 305 g/mol. The van der Waals surface area contributed by atoms with E-state index in [-0.39, 0.29) is 12.2 Å². The highest BCUT2D eigenvalue weighted by atomic mass is 19.3. The van der Waals surface area contributed by atoms with Gasteiger partial charge in [0.25, 0.3) is 0 Å². The first-order chi connectivity index (χ1) is 10.2. The van der Waals surface area contributed by atoms with E-state index in [4.69, 9.17) is 5.11 Å². The van der Waals surface area contributed by atoms with E-state index < -0.39 is 36.1 Å². The van der Waals surface area contributed by atoms with Crippen LogP contribution in [0, 0.1) is 11.7 Å². The van der Waals surface area contributed by atoms with Crippen molar-refractivity contribution in [1.82, 2.24) is 4.90 Å². The number of halogens is 3. The molecule has 6 nitrogen and oxygen atoms in total. The molecule has 2 amide bonds. The fourth-order valence-corrected chi connectivity index (χ4v) is 1.58. The van der Waals surface area contributed by atoms with Crippen molar-refractivity contribution in [2.45, 2.75) is 13.5 Å². The molecule has 0 heterocycles. The number of rotatable bonds is 6. The smallest absolute Gasteiger partial charge is 0.387 e. The molecule has 0 fully saturated rings. The second kappa shape index (κ2) is 7.53. The van der Waals surface area contributed by atoms with Crippen LogP contribution in [0.3, 0.4) is 0 Å². The van der Waals surface area contributed by atoms with Crippen molar-refractivity contribution in [3.05, 3.63) is 24.0 Å². The van der Waals surface area contributed by atoms with Gasteiger partial charge in [0.2, 0.25) is 0 Å². The summed E-state index contributed by atoms with van der Waals surface area (Å²) >= 11 is 0. The lowest BCUT2D eigenvalue weighted by molar-refractivity contribution is -0.141. The summed E-state index contributed by atoms with van der Waals surface area (Å²) in [6.45, 7) is -1.86. The van der Waals surface area contributed by atoms with Gasteiger partial charge in [0.15, 0.2) is 5.75 Å². The van der Waals surface area contributed by atoms with Gasteiger partial charge in [-0.15, -0.1) is 0 Å². The van der Waals surface area contributed by atoms with Crippen molar-refractivity contribution in [3.8, 4) is 5.75 Å². The van der Waals surface area contributed by atoms with Crippen LogP contribution in [0.4, 0.5) is 23.7 Å². The van der Waals surface area contributed by atoms with Crippen molar-refractivity contribution in [3.63, 3.8) is 0 Å². The van der Waals surface area contributed by atoms with Crippen LogP contribution in [0.2, 0.25) is 0 Å². The minimum absolute atomic E-state index is 0.0899. The molecule has 0 aromatic heterocycles. The zero-order valence-corrected chi connectivity index (χ0v) is 11.8. The fraction of sp³-hybridized carbons (Fsp3) is 0.385. The number of hydrogen-bond donors (Lipinski definition) is 2. The Labute approximate surface area is 124 Å². The minimum Gasteiger partial charge on any atom is -0.481 e. The van der Waals surface area contributed by atoms with E-state index in [1.54, 1.807) is 0 Å². The first-order valence-corrected chi connectivity index (χ1v) is 6.20. The predicted molar refractivity (Wildman–Crippen MR) is 71.5 cm³/mol. The Morgan fingerprint density at radius 3 is 2.59 bits per heavy atom. The number of urea groups is 1. The number of carboxylic acids is 1.